The fourth-order valence-corrected chi connectivity index (χ4v) is 2.11. The van der Waals surface area contributed by atoms with E-state index < -0.39 is 0 Å². The molecule has 1 heterocycles. The summed E-state index contributed by atoms with van der Waals surface area (Å²) >= 11 is 0. The Labute approximate surface area is 112 Å². The SMILES string of the molecule is Cc1ccc(-c2cn[nH]c2-c2ccc(N)cc2)cc1. The molecule has 94 valence electrons. The molecule has 3 N–H and O–H groups in total. The number of rotatable bonds is 2. The first kappa shape index (κ1) is 11.5. The van der Waals surface area contributed by atoms with Gasteiger partial charge in [0.1, 0.15) is 0 Å². The lowest BCUT2D eigenvalue weighted by Gasteiger charge is -2.04. The maximum absolute atomic E-state index is 5.72. The first-order chi connectivity index (χ1) is 9.24. The molecule has 19 heavy (non-hydrogen) atoms. The van der Waals surface area contributed by atoms with Gasteiger partial charge in [-0.25, -0.2) is 0 Å². The molecular formula is C16H15N3. The topological polar surface area (TPSA) is 54.7 Å². The molecule has 2 aromatic carbocycles. The van der Waals surface area contributed by atoms with Gasteiger partial charge in [-0.3, -0.25) is 5.10 Å². The highest BCUT2D eigenvalue weighted by Gasteiger charge is 2.09. The highest BCUT2D eigenvalue weighted by molar-refractivity contribution is 5.80. The zero-order valence-corrected chi connectivity index (χ0v) is 10.7. The van der Waals surface area contributed by atoms with Gasteiger partial charge < -0.3 is 5.73 Å². The summed E-state index contributed by atoms with van der Waals surface area (Å²) in [7, 11) is 0. The minimum absolute atomic E-state index is 0.764. The Hall–Kier alpha value is -2.55. The minimum atomic E-state index is 0.764. The molecule has 0 atom stereocenters. The molecule has 0 aliphatic heterocycles. The molecule has 0 saturated carbocycles. The van der Waals surface area contributed by atoms with E-state index >= 15 is 0 Å². The molecule has 0 unspecified atom stereocenters. The number of benzene rings is 2. The summed E-state index contributed by atoms with van der Waals surface area (Å²) in [6, 6.07) is 16.2. The second-order valence-corrected chi connectivity index (χ2v) is 4.65. The summed E-state index contributed by atoms with van der Waals surface area (Å²) in [5, 5.41) is 7.23. The lowest BCUT2D eigenvalue weighted by molar-refractivity contribution is 1.10. The quantitative estimate of drug-likeness (QED) is 0.681. The molecule has 0 aliphatic rings. The van der Waals surface area contributed by atoms with Crippen molar-refractivity contribution in [3.8, 4) is 22.4 Å². The number of H-pyrrole nitrogens is 1. The van der Waals surface area contributed by atoms with E-state index in [0.29, 0.717) is 0 Å². The molecule has 1 aromatic heterocycles. The number of nitrogen functional groups attached to an aromatic ring is 1. The third-order valence-electron chi connectivity index (χ3n) is 3.20. The minimum Gasteiger partial charge on any atom is -0.399 e. The van der Waals surface area contributed by atoms with Crippen molar-refractivity contribution >= 4 is 5.69 Å². The monoisotopic (exact) mass is 249 g/mol. The van der Waals surface area contributed by atoms with E-state index in [4.69, 9.17) is 5.73 Å². The Balaban J connectivity index is 2.07. The maximum Gasteiger partial charge on any atom is 0.0728 e. The molecular weight excluding hydrogens is 234 g/mol. The summed E-state index contributed by atoms with van der Waals surface area (Å²) in [5.74, 6) is 0. The smallest absolute Gasteiger partial charge is 0.0728 e. The molecule has 0 radical (unpaired) electrons. The van der Waals surface area contributed by atoms with Crippen LogP contribution < -0.4 is 5.73 Å². The van der Waals surface area contributed by atoms with Crippen LogP contribution in [0.25, 0.3) is 22.4 Å². The number of hydrogen-bond donors (Lipinski definition) is 2. The van der Waals surface area contributed by atoms with Crippen LogP contribution in [0.2, 0.25) is 0 Å². The van der Waals surface area contributed by atoms with Crippen molar-refractivity contribution in [3.05, 3.63) is 60.3 Å². The van der Waals surface area contributed by atoms with Crippen molar-refractivity contribution in [1.29, 1.82) is 0 Å². The van der Waals surface area contributed by atoms with Gasteiger partial charge in [0, 0.05) is 16.8 Å². The Morgan fingerprint density at radius 2 is 1.53 bits per heavy atom. The summed E-state index contributed by atoms with van der Waals surface area (Å²) in [5.41, 5.74) is 12.1. The summed E-state index contributed by atoms with van der Waals surface area (Å²) in [6.45, 7) is 2.08. The Kier molecular flexibility index (Phi) is 2.80. The maximum atomic E-state index is 5.72. The fraction of sp³-hybridized carbons (Fsp3) is 0.0625. The molecule has 3 aromatic rings. The van der Waals surface area contributed by atoms with Gasteiger partial charge in [0.05, 0.1) is 11.9 Å². The van der Waals surface area contributed by atoms with Crippen molar-refractivity contribution in [2.75, 3.05) is 5.73 Å². The van der Waals surface area contributed by atoms with Crippen LogP contribution in [0.15, 0.2) is 54.7 Å². The van der Waals surface area contributed by atoms with Gasteiger partial charge in [-0.1, -0.05) is 42.0 Å². The number of nitrogens with two attached hydrogens (primary N) is 1. The zero-order chi connectivity index (χ0) is 13.2. The van der Waals surface area contributed by atoms with E-state index in [2.05, 4.69) is 41.4 Å². The first-order valence-electron chi connectivity index (χ1n) is 6.20. The van der Waals surface area contributed by atoms with Gasteiger partial charge in [0.25, 0.3) is 0 Å². The van der Waals surface area contributed by atoms with Gasteiger partial charge in [0.15, 0.2) is 0 Å². The summed E-state index contributed by atoms with van der Waals surface area (Å²) in [4.78, 5) is 0. The number of aryl methyl sites for hydroxylation is 1. The van der Waals surface area contributed by atoms with Gasteiger partial charge in [-0.05, 0) is 24.6 Å². The number of hydrogen-bond acceptors (Lipinski definition) is 2. The van der Waals surface area contributed by atoms with E-state index in [1.165, 1.54) is 5.56 Å². The van der Waals surface area contributed by atoms with Crippen LogP contribution in [0.1, 0.15) is 5.56 Å². The third kappa shape index (κ3) is 2.22. The van der Waals surface area contributed by atoms with Crippen LogP contribution in [-0.4, -0.2) is 10.2 Å². The molecule has 0 saturated heterocycles. The number of nitrogens with zero attached hydrogens (tertiary/aromatic N) is 1. The lowest BCUT2D eigenvalue weighted by Crippen LogP contribution is -1.86. The molecule has 3 nitrogen and oxygen atoms in total. The van der Waals surface area contributed by atoms with Gasteiger partial charge >= 0.3 is 0 Å². The van der Waals surface area contributed by atoms with Crippen molar-refractivity contribution in [1.82, 2.24) is 10.2 Å². The molecule has 0 spiro atoms. The van der Waals surface area contributed by atoms with Crippen LogP contribution in [-0.2, 0) is 0 Å². The van der Waals surface area contributed by atoms with Crippen molar-refractivity contribution in [3.63, 3.8) is 0 Å². The Bertz CT molecular complexity index is 619. The molecule has 3 heteroatoms. The van der Waals surface area contributed by atoms with Gasteiger partial charge in [-0.15, -0.1) is 0 Å². The largest absolute Gasteiger partial charge is 0.399 e. The summed E-state index contributed by atoms with van der Waals surface area (Å²) in [6.07, 6.45) is 1.86. The highest BCUT2D eigenvalue weighted by atomic mass is 15.1. The van der Waals surface area contributed by atoms with E-state index in [1.807, 2.05) is 30.5 Å². The highest BCUT2D eigenvalue weighted by Crippen LogP contribution is 2.30. The third-order valence-corrected chi connectivity index (χ3v) is 3.20. The van der Waals surface area contributed by atoms with E-state index in [-0.39, 0.29) is 0 Å². The van der Waals surface area contributed by atoms with E-state index in [0.717, 1.165) is 28.1 Å². The second kappa shape index (κ2) is 4.61. The molecule has 0 amide bonds. The molecule has 3 rings (SSSR count). The molecule has 0 bridgehead atoms. The zero-order valence-electron chi connectivity index (χ0n) is 10.7. The van der Waals surface area contributed by atoms with Crippen LogP contribution in [0.3, 0.4) is 0 Å². The van der Waals surface area contributed by atoms with Gasteiger partial charge in [-0.2, -0.15) is 5.10 Å². The lowest BCUT2D eigenvalue weighted by atomic mass is 10.0. The number of aromatic amines is 1. The second-order valence-electron chi connectivity index (χ2n) is 4.65. The summed E-state index contributed by atoms with van der Waals surface area (Å²) < 4.78 is 0. The Morgan fingerprint density at radius 3 is 2.21 bits per heavy atom. The van der Waals surface area contributed by atoms with Crippen molar-refractivity contribution < 1.29 is 0 Å². The first-order valence-corrected chi connectivity index (χ1v) is 6.20. The predicted octanol–water partition coefficient (Wildman–Crippen LogP) is 3.63. The molecule has 0 fully saturated rings. The average Bonchev–Trinajstić information content (AvgIpc) is 2.90. The number of aromatic nitrogens is 2. The van der Waals surface area contributed by atoms with Gasteiger partial charge in [0.2, 0.25) is 0 Å². The fourth-order valence-electron chi connectivity index (χ4n) is 2.11. The predicted molar refractivity (Wildman–Crippen MR) is 78.6 cm³/mol. The normalized spacial score (nSPS) is 10.6. The van der Waals surface area contributed by atoms with Crippen molar-refractivity contribution in [2.24, 2.45) is 0 Å². The van der Waals surface area contributed by atoms with Crippen LogP contribution >= 0.6 is 0 Å². The Morgan fingerprint density at radius 1 is 0.895 bits per heavy atom. The van der Waals surface area contributed by atoms with Crippen molar-refractivity contribution in [2.45, 2.75) is 6.92 Å². The van der Waals surface area contributed by atoms with Crippen LogP contribution in [0.5, 0.6) is 0 Å². The molecule has 0 aliphatic carbocycles. The number of nitrogens with one attached hydrogen (secondary N) is 1. The van der Waals surface area contributed by atoms with Crippen LogP contribution in [0, 0.1) is 6.92 Å². The number of anilines is 1. The van der Waals surface area contributed by atoms with Crippen LogP contribution in [0.4, 0.5) is 5.69 Å². The van der Waals surface area contributed by atoms with E-state index in [9.17, 15) is 0 Å². The van der Waals surface area contributed by atoms with E-state index in [1.54, 1.807) is 0 Å². The standard InChI is InChI=1S/C16H15N3/c1-11-2-4-12(5-3-11)15-10-18-19-16(15)13-6-8-14(17)9-7-13/h2-10H,17H2,1H3,(H,18,19). The average molecular weight is 249 g/mol.